The van der Waals surface area contributed by atoms with Crippen LogP contribution in [0.25, 0.3) is 0 Å². The summed E-state index contributed by atoms with van der Waals surface area (Å²) in [5.41, 5.74) is 1.26. The predicted octanol–water partition coefficient (Wildman–Crippen LogP) is 4.47. The van der Waals surface area contributed by atoms with Crippen LogP contribution in [-0.4, -0.2) is 11.1 Å². The van der Waals surface area contributed by atoms with Crippen LogP contribution in [0.3, 0.4) is 0 Å². The lowest BCUT2D eigenvalue weighted by Gasteiger charge is -2.04. The summed E-state index contributed by atoms with van der Waals surface area (Å²) in [5.74, 6) is -0.705. The van der Waals surface area contributed by atoms with Crippen LogP contribution in [0.1, 0.15) is 15.9 Å². The van der Waals surface area contributed by atoms with E-state index in [0.29, 0.717) is 5.75 Å². The minimum atomic E-state index is -0.940. The molecule has 0 aliphatic rings. The molecule has 19 heavy (non-hydrogen) atoms. The smallest absolute Gasteiger partial charge is 0.335 e. The highest BCUT2D eigenvalue weighted by Gasteiger charge is 2.04. The molecule has 0 saturated carbocycles. The highest BCUT2D eigenvalue weighted by Crippen LogP contribution is 2.26. The molecule has 0 fully saturated rings. The van der Waals surface area contributed by atoms with Gasteiger partial charge in [-0.2, -0.15) is 0 Å². The number of carboxylic acid groups (broad SMARTS) is 1. The normalized spacial score (nSPS) is 10.4. The van der Waals surface area contributed by atoms with Crippen molar-refractivity contribution in [2.75, 3.05) is 0 Å². The van der Waals surface area contributed by atoms with Gasteiger partial charge in [0, 0.05) is 10.6 Å². The predicted molar refractivity (Wildman–Crippen MR) is 74.4 cm³/mol. The lowest BCUT2D eigenvalue weighted by Crippen LogP contribution is -1.95. The Kier molecular flexibility index (Phi) is 4.45. The molecule has 0 spiro atoms. The molecular weight excluding hydrogens is 287 g/mol. The Morgan fingerprint density at radius 2 is 1.89 bits per heavy atom. The van der Waals surface area contributed by atoms with Gasteiger partial charge < -0.3 is 5.11 Å². The molecule has 98 valence electrons. The number of halogens is 2. The molecule has 0 heterocycles. The number of benzene rings is 2. The number of hydrogen-bond donors (Lipinski definition) is 1. The van der Waals surface area contributed by atoms with Crippen LogP contribution in [0.5, 0.6) is 0 Å². The largest absolute Gasteiger partial charge is 0.478 e. The van der Waals surface area contributed by atoms with Gasteiger partial charge in [-0.05, 0) is 35.9 Å². The van der Waals surface area contributed by atoms with E-state index in [2.05, 4.69) is 0 Å². The summed E-state index contributed by atoms with van der Waals surface area (Å²) in [4.78, 5) is 11.6. The first-order valence-electron chi connectivity index (χ1n) is 5.46. The standard InChI is InChI=1S/C14H10ClFO2S/c15-12-7-11(5-6-13(12)16)19-8-9-1-3-10(4-2-9)14(17)18/h1-7H,8H2,(H,17,18). The van der Waals surface area contributed by atoms with Crippen LogP contribution in [0.4, 0.5) is 4.39 Å². The summed E-state index contributed by atoms with van der Waals surface area (Å²) in [6.07, 6.45) is 0. The van der Waals surface area contributed by atoms with Gasteiger partial charge in [0.15, 0.2) is 0 Å². The minimum absolute atomic E-state index is 0.103. The summed E-state index contributed by atoms with van der Waals surface area (Å²) in [5, 5.41) is 8.89. The molecule has 2 aromatic rings. The van der Waals surface area contributed by atoms with Gasteiger partial charge in [0.25, 0.3) is 0 Å². The van der Waals surface area contributed by atoms with Crippen molar-refractivity contribution < 1.29 is 14.3 Å². The van der Waals surface area contributed by atoms with E-state index < -0.39 is 11.8 Å². The van der Waals surface area contributed by atoms with Crippen molar-refractivity contribution in [3.05, 3.63) is 64.4 Å². The molecule has 0 unspecified atom stereocenters. The van der Waals surface area contributed by atoms with Crippen molar-refractivity contribution in [2.45, 2.75) is 10.6 Å². The first-order valence-corrected chi connectivity index (χ1v) is 6.83. The number of aromatic carboxylic acids is 1. The quantitative estimate of drug-likeness (QED) is 0.846. The van der Waals surface area contributed by atoms with Gasteiger partial charge >= 0.3 is 5.97 Å². The highest BCUT2D eigenvalue weighted by molar-refractivity contribution is 7.98. The van der Waals surface area contributed by atoms with Crippen LogP contribution in [0, 0.1) is 5.82 Å². The average Bonchev–Trinajstić information content (AvgIpc) is 2.40. The lowest BCUT2D eigenvalue weighted by atomic mass is 10.1. The number of carboxylic acids is 1. The van der Waals surface area contributed by atoms with E-state index in [1.54, 1.807) is 36.4 Å². The third-order valence-electron chi connectivity index (χ3n) is 2.50. The molecule has 2 nitrogen and oxygen atoms in total. The van der Waals surface area contributed by atoms with Crippen molar-refractivity contribution >= 4 is 29.3 Å². The van der Waals surface area contributed by atoms with Crippen LogP contribution in [0.2, 0.25) is 5.02 Å². The number of rotatable bonds is 4. The minimum Gasteiger partial charge on any atom is -0.478 e. The van der Waals surface area contributed by atoms with Gasteiger partial charge in [-0.1, -0.05) is 23.7 Å². The monoisotopic (exact) mass is 296 g/mol. The average molecular weight is 297 g/mol. The van der Waals surface area contributed by atoms with Crippen LogP contribution >= 0.6 is 23.4 Å². The number of carbonyl (C=O) groups is 1. The van der Waals surface area contributed by atoms with Crippen molar-refractivity contribution in [3.63, 3.8) is 0 Å². The Balaban J connectivity index is 2.01. The molecule has 1 N–H and O–H groups in total. The van der Waals surface area contributed by atoms with Gasteiger partial charge in [-0.15, -0.1) is 11.8 Å². The second kappa shape index (κ2) is 6.08. The van der Waals surface area contributed by atoms with Crippen molar-refractivity contribution in [2.24, 2.45) is 0 Å². The summed E-state index contributed by atoms with van der Waals surface area (Å²) in [7, 11) is 0. The molecule has 0 atom stereocenters. The maximum Gasteiger partial charge on any atom is 0.335 e. The second-order valence-electron chi connectivity index (χ2n) is 3.87. The van der Waals surface area contributed by atoms with E-state index >= 15 is 0 Å². The Hall–Kier alpha value is -1.52. The molecule has 0 aliphatic carbocycles. The first-order chi connectivity index (χ1) is 9.06. The molecule has 0 radical (unpaired) electrons. The topological polar surface area (TPSA) is 37.3 Å². The van der Waals surface area contributed by atoms with Gasteiger partial charge in [0.05, 0.1) is 10.6 Å². The van der Waals surface area contributed by atoms with Gasteiger partial charge in [-0.3, -0.25) is 0 Å². The fourth-order valence-electron chi connectivity index (χ4n) is 1.48. The Labute approximate surface area is 119 Å². The lowest BCUT2D eigenvalue weighted by molar-refractivity contribution is 0.0697. The van der Waals surface area contributed by atoms with E-state index in [-0.39, 0.29) is 10.6 Å². The molecular formula is C14H10ClFO2S. The molecule has 2 rings (SSSR count). The zero-order valence-electron chi connectivity index (χ0n) is 9.77. The van der Waals surface area contributed by atoms with Gasteiger partial charge in [-0.25, -0.2) is 9.18 Å². The molecule has 0 saturated heterocycles. The van der Waals surface area contributed by atoms with Crippen molar-refractivity contribution in [1.29, 1.82) is 0 Å². The van der Waals surface area contributed by atoms with Crippen LogP contribution in [-0.2, 0) is 5.75 Å². The van der Waals surface area contributed by atoms with E-state index in [1.165, 1.54) is 17.8 Å². The van der Waals surface area contributed by atoms with E-state index in [4.69, 9.17) is 16.7 Å². The van der Waals surface area contributed by atoms with E-state index in [9.17, 15) is 9.18 Å². The van der Waals surface area contributed by atoms with Crippen molar-refractivity contribution in [1.82, 2.24) is 0 Å². The summed E-state index contributed by atoms with van der Waals surface area (Å²) in [6, 6.07) is 11.2. The van der Waals surface area contributed by atoms with Crippen LogP contribution < -0.4 is 0 Å². The van der Waals surface area contributed by atoms with E-state index in [0.717, 1.165) is 10.5 Å². The zero-order chi connectivity index (χ0) is 13.8. The Morgan fingerprint density at radius 3 is 2.47 bits per heavy atom. The molecule has 0 aliphatic heterocycles. The third kappa shape index (κ3) is 3.72. The number of thioether (sulfide) groups is 1. The van der Waals surface area contributed by atoms with Gasteiger partial charge in [0.1, 0.15) is 5.82 Å². The molecule has 0 amide bonds. The highest BCUT2D eigenvalue weighted by atomic mass is 35.5. The fourth-order valence-corrected chi connectivity index (χ4v) is 2.61. The van der Waals surface area contributed by atoms with Gasteiger partial charge in [0.2, 0.25) is 0 Å². The Morgan fingerprint density at radius 1 is 1.21 bits per heavy atom. The van der Waals surface area contributed by atoms with Crippen molar-refractivity contribution in [3.8, 4) is 0 Å². The molecule has 0 aromatic heterocycles. The number of hydrogen-bond acceptors (Lipinski definition) is 2. The molecule has 0 bridgehead atoms. The SMILES string of the molecule is O=C(O)c1ccc(CSc2ccc(F)c(Cl)c2)cc1. The summed E-state index contributed by atoms with van der Waals surface area (Å²) in [6.45, 7) is 0. The maximum absolute atomic E-state index is 13.0. The van der Waals surface area contributed by atoms with Crippen LogP contribution in [0.15, 0.2) is 47.4 Å². The molecule has 5 heteroatoms. The molecule has 2 aromatic carbocycles. The second-order valence-corrected chi connectivity index (χ2v) is 5.32. The third-order valence-corrected chi connectivity index (χ3v) is 3.85. The first kappa shape index (κ1) is 13.9. The summed E-state index contributed by atoms with van der Waals surface area (Å²) >= 11 is 7.21. The van der Waals surface area contributed by atoms with E-state index in [1.807, 2.05) is 0 Å². The maximum atomic E-state index is 13.0. The Bertz CT molecular complexity index is 599. The zero-order valence-corrected chi connectivity index (χ0v) is 11.3. The summed E-state index contributed by atoms with van der Waals surface area (Å²) < 4.78 is 13.0. The fraction of sp³-hybridized carbons (Fsp3) is 0.0714.